The van der Waals surface area contributed by atoms with Crippen molar-refractivity contribution in [1.29, 1.82) is 0 Å². The number of unbranched alkanes of at least 4 members (excludes halogenated alkanes) is 34. The van der Waals surface area contributed by atoms with E-state index in [0.717, 1.165) is 109 Å². The first kappa shape index (κ1) is 72.6. The van der Waals surface area contributed by atoms with Gasteiger partial charge < -0.3 is 14.2 Å². The molecule has 0 aromatic carbocycles. The molecule has 1 atom stereocenters. The number of ether oxygens (including phenoxy) is 3. The van der Waals surface area contributed by atoms with Gasteiger partial charge >= 0.3 is 17.9 Å². The van der Waals surface area contributed by atoms with Crippen LogP contribution in [0.2, 0.25) is 0 Å². The lowest BCUT2D eigenvalue weighted by atomic mass is 10.0. The number of allylic oxidation sites excluding steroid dienone is 14. The molecule has 438 valence electrons. The third-order valence-electron chi connectivity index (χ3n) is 14.1. The quantitative estimate of drug-likeness (QED) is 0.0261. The van der Waals surface area contributed by atoms with Crippen LogP contribution in [0.5, 0.6) is 0 Å². The highest BCUT2D eigenvalue weighted by Gasteiger charge is 2.19. The largest absolute Gasteiger partial charge is 0.462 e. The molecule has 76 heavy (non-hydrogen) atoms. The van der Waals surface area contributed by atoms with E-state index in [1.165, 1.54) is 173 Å². The Bertz CT molecular complexity index is 1450. The Labute approximate surface area is 471 Å². The van der Waals surface area contributed by atoms with Crippen LogP contribution in [0.25, 0.3) is 0 Å². The van der Waals surface area contributed by atoms with Crippen molar-refractivity contribution in [3.63, 3.8) is 0 Å². The Balaban J connectivity index is 4.32. The van der Waals surface area contributed by atoms with E-state index < -0.39 is 6.10 Å². The Morgan fingerprint density at radius 1 is 0.276 bits per heavy atom. The number of carbonyl (C=O) groups is 3. The predicted octanol–water partition coefficient (Wildman–Crippen LogP) is 22.3. The molecule has 0 bridgehead atoms. The third-order valence-corrected chi connectivity index (χ3v) is 14.1. The summed E-state index contributed by atoms with van der Waals surface area (Å²) < 4.78 is 17.0. The normalized spacial score (nSPS) is 12.6. The van der Waals surface area contributed by atoms with E-state index in [4.69, 9.17) is 14.2 Å². The van der Waals surface area contributed by atoms with Crippen molar-refractivity contribution < 1.29 is 28.6 Å². The second-order valence-electron chi connectivity index (χ2n) is 21.6. The SMILES string of the molecule is CC/C=C\C/C=C\C/C=C\C/C=C\CCCCCCCCCCCCCCC(=O)OCC(COC(=O)CCCCCCCCCCCCCCCCCC)OC(=O)CCCCCCCCC/C=C\C/C=C\C/C=C\CC. The molecule has 0 rings (SSSR count). The minimum absolute atomic E-state index is 0.0775. The number of rotatable bonds is 59. The van der Waals surface area contributed by atoms with Crippen molar-refractivity contribution in [3.8, 4) is 0 Å². The van der Waals surface area contributed by atoms with Crippen LogP contribution in [0.1, 0.15) is 323 Å². The summed E-state index contributed by atoms with van der Waals surface area (Å²) in [6.07, 6.45) is 84.4. The smallest absolute Gasteiger partial charge is 0.306 e. The van der Waals surface area contributed by atoms with Gasteiger partial charge in [0.2, 0.25) is 0 Å². The number of hydrogen-bond acceptors (Lipinski definition) is 6. The van der Waals surface area contributed by atoms with Crippen LogP contribution in [0.3, 0.4) is 0 Å². The summed E-state index contributed by atoms with van der Waals surface area (Å²) in [6.45, 7) is 6.45. The summed E-state index contributed by atoms with van der Waals surface area (Å²) in [5.74, 6) is -0.873. The summed E-state index contributed by atoms with van der Waals surface area (Å²) in [6, 6.07) is 0. The van der Waals surface area contributed by atoms with Crippen LogP contribution in [-0.2, 0) is 28.6 Å². The van der Waals surface area contributed by atoms with E-state index >= 15 is 0 Å². The Morgan fingerprint density at radius 3 is 0.803 bits per heavy atom. The van der Waals surface area contributed by atoms with Crippen LogP contribution in [0, 0.1) is 0 Å². The van der Waals surface area contributed by atoms with E-state index in [2.05, 4.69) is 106 Å². The van der Waals surface area contributed by atoms with Gasteiger partial charge in [0.15, 0.2) is 6.10 Å². The van der Waals surface area contributed by atoms with Gasteiger partial charge in [-0.3, -0.25) is 14.4 Å². The van der Waals surface area contributed by atoms with Gasteiger partial charge in [-0.15, -0.1) is 0 Å². The molecule has 1 unspecified atom stereocenters. The lowest BCUT2D eigenvalue weighted by Crippen LogP contribution is -2.30. The van der Waals surface area contributed by atoms with Gasteiger partial charge in [-0.1, -0.05) is 298 Å². The maximum absolute atomic E-state index is 12.9. The van der Waals surface area contributed by atoms with E-state index in [9.17, 15) is 14.4 Å². The van der Waals surface area contributed by atoms with Crippen LogP contribution < -0.4 is 0 Å². The lowest BCUT2D eigenvalue weighted by Gasteiger charge is -2.18. The third kappa shape index (κ3) is 61.4. The van der Waals surface area contributed by atoms with E-state index in [0.29, 0.717) is 19.3 Å². The Morgan fingerprint density at radius 2 is 0.513 bits per heavy atom. The molecule has 0 aliphatic heterocycles. The average Bonchev–Trinajstić information content (AvgIpc) is 3.42. The minimum atomic E-state index is -0.782. The molecule has 6 nitrogen and oxygen atoms in total. The molecule has 0 saturated heterocycles. The molecule has 0 aromatic rings. The number of carbonyl (C=O) groups excluding carboxylic acids is 3. The maximum atomic E-state index is 12.9. The van der Waals surface area contributed by atoms with Crippen molar-refractivity contribution >= 4 is 17.9 Å². The molecule has 0 spiro atoms. The lowest BCUT2D eigenvalue weighted by molar-refractivity contribution is -0.167. The van der Waals surface area contributed by atoms with Crippen molar-refractivity contribution in [2.24, 2.45) is 0 Å². The molecule has 0 aromatic heterocycles. The van der Waals surface area contributed by atoms with Crippen molar-refractivity contribution in [1.82, 2.24) is 0 Å². The Hall–Kier alpha value is -3.41. The molecular weight excluding hydrogens is 937 g/mol. The van der Waals surface area contributed by atoms with Crippen LogP contribution in [0.15, 0.2) is 85.1 Å². The summed E-state index contributed by atoms with van der Waals surface area (Å²) in [5, 5.41) is 0. The molecule has 0 fully saturated rings. The van der Waals surface area contributed by atoms with Crippen molar-refractivity contribution in [2.75, 3.05) is 13.2 Å². The van der Waals surface area contributed by atoms with Crippen LogP contribution in [0.4, 0.5) is 0 Å². The molecule has 0 aliphatic rings. The molecular formula is C70H122O6. The Kier molecular flexibility index (Phi) is 61.2. The maximum Gasteiger partial charge on any atom is 0.306 e. The molecule has 0 radical (unpaired) electrons. The van der Waals surface area contributed by atoms with Gasteiger partial charge in [-0.25, -0.2) is 0 Å². The van der Waals surface area contributed by atoms with Gasteiger partial charge in [0, 0.05) is 19.3 Å². The first-order chi connectivity index (χ1) is 37.5. The zero-order chi connectivity index (χ0) is 55.0. The summed E-state index contributed by atoms with van der Waals surface area (Å²) >= 11 is 0. The number of esters is 3. The van der Waals surface area contributed by atoms with Crippen molar-refractivity contribution in [2.45, 2.75) is 329 Å². The summed E-state index contributed by atoms with van der Waals surface area (Å²) in [4.78, 5) is 38.4. The topological polar surface area (TPSA) is 78.9 Å². The number of hydrogen-bond donors (Lipinski definition) is 0. The molecule has 0 aliphatic carbocycles. The fraction of sp³-hybridized carbons (Fsp3) is 0.757. The first-order valence-corrected chi connectivity index (χ1v) is 32.6. The van der Waals surface area contributed by atoms with Gasteiger partial charge in [0.1, 0.15) is 13.2 Å². The fourth-order valence-electron chi connectivity index (χ4n) is 9.33. The highest BCUT2D eigenvalue weighted by Crippen LogP contribution is 2.17. The average molecular weight is 1060 g/mol. The fourth-order valence-corrected chi connectivity index (χ4v) is 9.33. The summed E-state index contributed by atoms with van der Waals surface area (Å²) in [7, 11) is 0. The first-order valence-electron chi connectivity index (χ1n) is 32.6. The predicted molar refractivity (Wildman–Crippen MR) is 330 cm³/mol. The van der Waals surface area contributed by atoms with Gasteiger partial charge in [-0.2, -0.15) is 0 Å². The van der Waals surface area contributed by atoms with Gasteiger partial charge in [-0.05, 0) is 89.9 Å². The molecule has 0 saturated carbocycles. The van der Waals surface area contributed by atoms with Gasteiger partial charge in [0.25, 0.3) is 0 Å². The second kappa shape index (κ2) is 64.1. The van der Waals surface area contributed by atoms with Crippen molar-refractivity contribution in [3.05, 3.63) is 85.1 Å². The van der Waals surface area contributed by atoms with E-state index in [1.807, 2.05) is 0 Å². The highest BCUT2D eigenvalue weighted by molar-refractivity contribution is 5.71. The monoisotopic (exact) mass is 1060 g/mol. The molecule has 0 N–H and O–H groups in total. The zero-order valence-corrected chi connectivity index (χ0v) is 50.3. The second-order valence-corrected chi connectivity index (χ2v) is 21.6. The molecule has 0 amide bonds. The van der Waals surface area contributed by atoms with E-state index in [1.54, 1.807) is 0 Å². The minimum Gasteiger partial charge on any atom is -0.462 e. The van der Waals surface area contributed by atoms with Crippen LogP contribution in [-0.4, -0.2) is 37.2 Å². The zero-order valence-electron chi connectivity index (χ0n) is 50.3. The highest BCUT2D eigenvalue weighted by atomic mass is 16.6. The van der Waals surface area contributed by atoms with Crippen LogP contribution >= 0.6 is 0 Å². The summed E-state index contributed by atoms with van der Waals surface area (Å²) in [5.41, 5.74) is 0. The van der Waals surface area contributed by atoms with Gasteiger partial charge in [0.05, 0.1) is 0 Å². The molecule has 0 heterocycles. The van der Waals surface area contributed by atoms with E-state index in [-0.39, 0.29) is 31.1 Å². The standard InChI is InChI=1S/C70H122O6/c1-4-7-10-13-16-19-22-25-28-31-32-33-34-35-36-37-38-40-42-45-48-51-54-57-60-63-69(72)75-66-67(65-74-68(71)62-59-56-53-50-47-44-41-30-27-24-21-18-15-12-9-6-3)76-70(73)64-61-58-55-52-49-46-43-39-29-26-23-20-17-14-11-8-5-2/h7-8,10-11,16-17,19-20,25-26,28-29,32-33,67H,4-6,9,12-15,18,21-24,27,30-31,34-66H2,1-3H3/b10-7-,11-8-,19-16-,20-17-,28-25-,29-26-,33-32-. The molecule has 6 heteroatoms.